The van der Waals surface area contributed by atoms with Crippen molar-refractivity contribution in [3.63, 3.8) is 0 Å². The molecule has 1 atom stereocenters. The molecule has 0 amide bonds. The van der Waals surface area contributed by atoms with E-state index >= 15 is 0 Å². The minimum absolute atomic E-state index is 0.771. The van der Waals surface area contributed by atoms with E-state index < -0.39 is 0 Å². The monoisotopic (exact) mass is 286 g/mol. The zero-order valence-electron chi connectivity index (χ0n) is 11.2. The van der Waals surface area contributed by atoms with Crippen molar-refractivity contribution in [3.05, 3.63) is 0 Å². The summed E-state index contributed by atoms with van der Waals surface area (Å²) in [5, 5.41) is 12.4. The first-order valence-corrected chi connectivity index (χ1v) is 8.50. The minimum atomic E-state index is 0.771. The third kappa shape index (κ3) is 4.10. The van der Waals surface area contributed by atoms with Crippen molar-refractivity contribution in [2.24, 2.45) is 0 Å². The SMILES string of the molecule is CCNc1nnc(SCC[C@@H]2CCCCN2C)s1. The Morgan fingerprint density at radius 2 is 2.33 bits per heavy atom. The van der Waals surface area contributed by atoms with E-state index in [0.29, 0.717) is 0 Å². The van der Waals surface area contributed by atoms with Gasteiger partial charge in [-0.25, -0.2) is 0 Å². The molecule has 1 fully saturated rings. The molecule has 4 nitrogen and oxygen atoms in total. The lowest BCUT2D eigenvalue weighted by atomic mass is 10.0. The molecule has 1 aromatic heterocycles. The summed E-state index contributed by atoms with van der Waals surface area (Å²) in [5.74, 6) is 1.15. The normalized spacial score (nSPS) is 21.1. The summed E-state index contributed by atoms with van der Waals surface area (Å²) in [6.07, 6.45) is 5.37. The van der Waals surface area contributed by atoms with Gasteiger partial charge >= 0.3 is 0 Å². The maximum atomic E-state index is 4.19. The van der Waals surface area contributed by atoms with Crippen LogP contribution in [0, 0.1) is 0 Å². The number of aromatic nitrogens is 2. The van der Waals surface area contributed by atoms with Crippen molar-refractivity contribution < 1.29 is 0 Å². The van der Waals surface area contributed by atoms with Gasteiger partial charge in [-0.05, 0) is 39.8 Å². The number of nitrogens with one attached hydrogen (secondary N) is 1. The third-order valence-electron chi connectivity index (χ3n) is 3.33. The van der Waals surface area contributed by atoms with Gasteiger partial charge in [0.05, 0.1) is 0 Å². The van der Waals surface area contributed by atoms with Gasteiger partial charge in [0.1, 0.15) is 0 Å². The molecule has 0 radical (unpaired) electrons. The molecule has 0 bridgehead atoms. The predicted molar refractivity (Wildman–Crippen MR) is 79.7 cm³/mol. The van der Waals surface area contributed by atoms with Crippen LogP contribution in [0.3, 0.4) is 0 Å². The number of hydrogen-bond acceptors (Lipinski definition) is 6. The minimum Gasteiger partial charge on any atom is -0.360 e. The van der Waals surface area contributed by atoms with Crippen molar-refractivity contribution in [1.82, 2.24) is 15.1 Å². The lowest BCUT2D eigenvalue weighted by Gasteiger charge is -2.32. The molecule has 1 saturated heterocycles. The van der Waals surface area contributed by atoms with Crippen molar-refractivity contribution in [1.29, 1.82) is 0 Å². The summed E-state index contributed by atoms with van der Waals surface area (Å²) < 4.78 is 1.09. The molecule has 0 unspecified atom stereocenters. The molecular weight excluding hydrogens is 264 g/mol. The highest BCUT2D eigenvalue weighted by molar-refractivity contribution is 8.01. The molecular formula is C12H22N4S2. The molecule has 0 aliphatic carbocycles. The highest BCUT2D eigenvalue weighted by atomic mass is 32.2. The van der Waals surface area contributed by atoms with E-state index in [0.717, 1.165) is 27.8 Å². The smallest absolute Gasteiger partial charge is 0.206 e. The van der Waals surface area contributed by atoms with Crippen LogP contribution in [0.1, 0.15) is 32.6 Å². The van der Waals surface area contributed by atoms with Crippen LogP contribution in [-0.2, 0) is 0 Å². The third-order valence-corrected chi connectivity index (χ3v) is 5.38. The molecule has 0 spiro atoms. The van der Waals surface area contributed by atoms with Crippen molar-refractivity contribution in [2.75, 3.05) is 31.2 Å². The number of hydrogen-bond donors (Lipinski definition) is 1. The average molecular weight is 286 g/mol. The Morgan fingerprint density at radius 1 is 1.44 bits per heavy atom. The molecule has 2 rings (SSSR count). The molecule has 2 heterocycles. The molecule has 1 N–H and O–H groups in total. The second-order valence-electron chi connectivity index (χ2n) is 4.67. The van der Waals surface area contributed by atoms with Crippen LogP contribution in [0.5, 0.6) is 0 Å². The first kappa shape index (κ1) is 14.1. The van der Waals surface area contributed by atoms with Gasteiger partial charge in [0.2, 0.25) is 5.13 Å². The Balaban J connectivity index is 1.70. The molecule has 0 aromatic carbocycles. The molecule has 6 heteroatoms. The van der Waals surface area contributed by atoms with Gasteiger partial charge in [0.25, 0.3) is 0 Å². The predicted octanol–water partition coefficient (Wildman–Crippen LogP) is 2.94. The fraction of sp³-hybridized carbons (Fsp3) is 0.833. The highest BCUT2D eigenvalue weighted by Gasteiger charge is 2.18. The van der Waals surface area contributed by atoms with E-state index in [1.807, 2.05) is 11.8 Å². The Hall–Kier alpha value is -0.330. The summed E-state index contributed by atoms with van der Waals surface area (Å²) in [7, 11) is 2.25. The number of likely N-dealkylation sites (tertiary alicyclic amines) is 1. The van der Waals surface area contributed by atoms with Crippen molar-refractivity contribution in [3.8, 4) is 0 Å². The van der Waals surface area contributed by atoms with E-state index in [4.69, 9.17) is 0 Å². The van der Waals surface area contributed by atoms with E-state index in [2.05, 4.69) is 34.4 Å². The maximum Gasteiger partial charge on any atom is 0.206 e. The van der Waals surface area contributed by atoms with Crippen LogP contribution < -0.4 is 5.32 Å². The standard InChI is InChI=1S/C12H22N4S2/c1-3-13-11-14-15-12(18-11)17-9-7-10-6-4-5-8-16(10)2/h10H,3-9H2,1-2H3,(H,13,14)/t10-/m0/s1. The van der Waals surface area contributed by atoms with Crippen LogP contribution in [0.15, 0.2) is 4.34 Å². The van der Waals surface area contributed by atoms with Crippen LogP contribution >= 0.6 is 23.1 Å². The molecule has 1 aliphatic heterocycles. The first-order chi connectivity index (χ1) is 8.79. The molecule has 1 aromatic rings. The van der Waals surface area contributed by atoms with Crippen molar-refractivity contribution in [2.45, 2.75) is 43.0 Å². The van der Waals surface area contributed by atoms with Gasteiger partial charge in [-0.1, -0.05) is 29.5 Å². The number of rotatable bonds is 6. The second-order valence-corrected chi connectivity index (χ2v) is 6.99. The Kier molecular flexibility index (Phi) is 5.72. The topological polar surface area (TPSA) is 41.1 Å². The number of anilines is 1. The van der Waals surface area contributed by atoms with Gasteiger partial charge in [-0.15, -0.1) is 10.2 Å². The largest absolute Gasteiger partial charge is 0.360 e. The summed E-state index contributed by atoms with van der Waals surface area (Å²) in [5.41, 5.74) is 0. The molecule has 18 heavy (non-hydrogen) atoms. The second kappa shape index (κ2) is 7.31. The summed E-state index contributed by atoms with van der Waals surface area (Å²) in [6, 6.07) is 0.771. The van der Waals surface area contributed by atoms with E-state index in [9.17, 15) is 0 Å². The highest BCUT2D eigenvalue weighted by Crippen LogP contribution is 2.27. The van der Waals surface area contributed by atoms with Crippen LogP contribution in [0.4, 0.5) is 5.13 Å². The lowest BCUT2D eigenvalue weighted by Crippen LogP contribution is -2.36. The van der Waals surface area contributed by atoms with Gasteiger partial charge in [0, 0.05) is 18.3 Å². The van der Waals surface area contributed by atoms with Crippen LogP contribution in [-0.4, -0.2) is 47.0 Å². The number of piperidine rings is 1. The zero-order valence-corrected chi connectivity index (χ0v) is 12.8. The van der Waals surface area contributed by atoms with Crippen molar-refractivity contribution >= 4 is 28.2 Å². The quantitative estimate of drug-likeness (QED) is 0.814. The summed E-state index contributed by atoms with van der Waals surface area (Å²) >= 11 is 3.50. The Labute approximate surface area is 118 Å². The van der Waals surface area contributed by atoms with E-state index in [1.54, 1.807) is 11.3 Å². The fourth-order valence-electron chi connectivity index (χ4n) is 2.28. The molecule has 0 saturated carbocycles. The van der Waals surface area contributed by atoms with Gasteiger partial charge < -0.3 is 10.2 Å². The Bertz CT molecular complexity index is 356. The Morgan fingerprint density at radius 3 is 3.11 bits per heavy atom. The summed E-state index contributed by atoms with van der Waals surface area (Å²) in [4.78, 5) is 2.51. The average Bonchev–Trinajstić information content (AvgIpc) is 2.80. The van der Waals surface area contributed by atoms with Gasteiger partial charge in [-0.2, -0.15) is 0 Å². The van der Waals surface area contributed by atoms with E-state index in [-0.39, 0.29) is 0 Å². The maximum absolute atomic E-state index is 4.19. The fourth-order valence-corrected chi connectivity index (χ4v) is 4.21. The van der Waals surface area contributed by atoms with E-state index in [1.165, 1.54) is 32.2 Å². The zero-order chi connectivity index (χ0) is 12.8. The van der Waals surface area contributed by atoms with Gasteiger partial charge in [-0.3, -0.25) is 0 Å². The molecule has 1 aliphatic rings. The number of nitrogens with zero attached hydrogens (tertiary/aromatic N) is 3. The lowest BCUT2D eigenvalue weighted by molar-refractivity contribution is 0.182. The van der Waals surface area contributed by atoms with Crippen LogP contribution in [0.2, 0.25) is 0 Å². The number of thioether (sulfide) groups is 1. The van der Waals surface area contributed by atoms with Gasteiger partial charge in [0.15, 0.2) is 4.34 Å². The van der Waals surface area contributed by atoms with Crippen LogP contribution in [0.25, 0.3) is 0 Å². The first-order valence-electron chi connectivity index (χ1n) is 6.70. The summed E-state index contributed by atoms with van der Waals surface area (Å²) in [6.45, 7) is 4.25. The molecule has 102 valence electrons.